The molecule has 0 spiro atoms. The van der Waals surface area contributed by atoms with Gasteiger partial charge in [0.25, 0.3) is 0 Å². The van der Waals surface area contributed by atoms with Crippen molar-refractivity contribution in [1.82, 2.24) is 0 Å². The van der Waals surface area contributed by atoms with Crippen LogP contribution in [0, 0.1) is 13.1 Å². The van der Waals surface area contributed by atoms with Crippen molar-refractivity contribution in [3.05, 3.63) is 13.1 Å². The molecule has 82 valence electrons. The van der Waals surface area contributed by atoms with E-state index in [2.05, 4.69) is 52.4 Å². The monoisotopic (exact) mass is 398 g/mol. The first-order valence-corrected chi connectivity index (χ1v) is 13.5. The van der Waals surface area contributed by atoms with E-state index in [0.29, 0.717) is 0 Å². The molecule has 0 saturated heterocycles. The fourth-order valence-electron chi connectivity index (χ4n) is 0. The van der Waals surface area contributed by atoms with Crippen molar-refractivity contribution < 1.29 is 24.4 Å². The van der Waals surface area contributed by atoms with Gasteiger partial charge in [-0.2, -0.15) is 0 Å². The molecule has 0 aromatic rings. The molecule has 0 radical (unpaired) electrons. The van der Waals surface area contributed by atoms with Crippen molar-refractivity contribution in [3.63, 3.8) is 0 Å². The summed E-state index contributed by atoms with van der Waals surface area (Å²) >= 11 is -2.08. The van der Waals surface area contributed by atoms with Crippen LogP contribution in [-0.2, 0) is 24.4 Å². The van der Waals surface area contributed by atoms with Crippen molar-refractivity contribution in [3.8, 4) is 0 Å². The number of hydrogen-bond donors (Lipinski definition) is 0. The van der Waals surface area contributed by atoms with E-state index in [-0.39, 0.29) is 0 Å². The molecular weight excluding hydrogens is 374 g/mol. The first-order valence-electron chi connectivity index (χ1n) is 4.00. The summed E-state index contributed by atoms with van der Waals surface area (Å²) in [5.74, 6) is 0. The van der Waals surface area contributed by atoms with Crippen molar-refractivity contribution in [2.24, 2.45) is 0 Å². The molecule has 0 atom stereocenters. The van der Waals surface area contributed by atoms with Crippen molar-refractivity contribution in [2.45, 2.75) is 39.3 Å². The Hall–Kier alpha value is 0.670. The molecule has 0 fully saturated rings. The second kappa shape index (κ2) is 9.23. The first kappa shape index (κ1) is 19.3. The maximum absolute atomic E-state index is 8.51. The predicted octanol–water partition coefficient (Wildman–Crippen LogP) is 3.16. The van der Waals surface area contributed by atoms with Gasteiger partial charge in [-0.05, 0) is 0 Å². The Morgan fingerprint density at radius 1 is 0.769 bits per heavy atom. The zero-order chi connectivity index (χ0) is 11.7. The van der Waals surface area contributed by atoms with Gasteiger partial charge in [-0.15, -0.1) is 16.1 Å². The van der Waals surface area contributed by atoms with E-state index in [4.69, 9.17) is 7.08 Å². The summed E-state index contributed by atoms with van der Waals surface area (Å²) in [5.41, 5.74) is 0. The Morgan fingerprint density at radius 2 is 0.769 bits per heavy atom. The normalized spacial score (nSPS) is 10.2. The SMILES string of the molecule is [CH2-][Si](C)(C)C.[CH2-][Si](C)(C)C.[O]=[Os+2]=[O]. The van der Waals surface area contributed by atoms with E-state index >= 15 is 0 Å². The Bertz CT molecular complexity index is 117. The van der Waals surface area contributed by atoms with Gasteiger partial charge in [-0.3, -0.25) is 0 Å². The summed E-state index contributed by atoms with van der Waals surface area (Å²) < 4.78 is 17.0. The van der Waals surface area contributed by atoms with Crippen LogP contribution in [0.1, 0.15) is 0 Å². The van der Waals surface area contributed by atoms with Crippen LogP contribution in [-0.4, -0.2) is 16.1 Å². The molecule has 0 aromatic heterocycles. The summed E-state index contributed by atoms with van der Waals surface area (Å²) in [4.78, 5) is 0. The minimum atomic E-state index is -2.08. The van der Waals surface area contributed by atoms with Gasteiger partial charge in [0.2, 0.25) is 0 Å². The molecule has 0 saturated carbocycles. The fraction of sp³-hybridized carbons (Fsp3) is 0.750. The van der Waals surface area contributed by atoms with Crippen LogP contribution in [0.2, 0.25) is 39.3 Å². The van der Waals surface area contributed by atoms with Gasteiger partial charge in [-0.1, -0.05) is 39.3 Å². The van der Waals surface area contributed by atoms with Crippen molar-refractivity contribution in [2.75, 3.05) is 0 Å². The summed E-state index contributed by atoms with van der Waals surface area (Å²) in [7, 11) is -1.72. The molecule has 0 bridgehead atoms. The Morgan fingerprint density at radius 3 is 0.769 bits per heavy atom. The minimum absolute atomic E-state index is 0.861. The molecule has 13 heavy (non-hydrogen) atoms. The van der Waals surface area contributed by atoms with Crippen LogP contribution < -0.4 is 0 Å². The van der Waals surface area contributed by atoms with Gasteiger partial charge < -0.3 is 13.1 Å². The third-order valence-electron chi connectivity index (χ3n) is 0. The summed E-state index contributed by atoms with van der Waals surface area (Å²) in [6, 6.07) is 0. The van der Waals surface area contributed by atoms with Crippen LogP contribution in [0.5, 0.6) is 0 Å². The van der Waals surface area contributed by atoms with E-state index in [9.17, 15) is 0 Å². The van der Waals surface area contributed by atoms with Gasteiger partial charge in [-0.25, -0.2) is 0 Å². The van der Waals surface area contributed by atoms with Crippen molar-refractivity contribution >= 4 is 16.1 Å². The molecule has 0 unspecified atom stereocenters. The van der Waals surface area contributed by atoms with E-state index < -0.39 is 33.5 Å². The average molecular weight is 397 g/mol. The molecule has 2 nitrogen and oxygen atoms in total. The molecule has 0 N–H and O–H groups in total. The van der Waals surface area contributed by atoms with Crippen LogP contribution in [0.15, 0.2) is 0 Å². The average Bonchev–Trinajstić information content (AvgIpc) is 1.52. The molecule has 0 heterocycles. The van der Waals surface area contributed by atoms with Crippen LogP contribution in [0.3, 0.4) is 0 Å². The maximum atomic E-state index is 8.51. The molecular formula is C8H22O2OsSi2. The molecule has 5 heteroatoms. The molecule has 0 aliphatic heterocycles. The summed E-state index contributed by atoms with van der Waals surface area (Å²) in [6.45, 7) is 21.1. The summed E-state index contributed by atoms with van der Waals surface area (Å²) in [6.07, 6.45) is 0. The quantitative estimate of drug-likeness (QED) is 0.466. The van der Waals surface area contributed by atoms with Crippen LogP contribution in [0.4, 0.5) is 0 Å². The molecule has 0 aromatic carbocycles. The molecule has 0 aliphatic rings. The van der Waals surface area contributed by atoms with E-state index in [1.54, 1.807) is 0 Å². The van der Waals surface area contributed by atoms with Gasteiger partial charge in [0.15, 0.2) is 0 Å². The number of rotatable bonds is 0. The van der Waals surface area contributed by atoms with E-state index in [0.717, 1.165) is 0 Å². The fourth-order valence-corrected chi connectivity index (χ4v) is 0. The van der Waals surface area contributed by atoms with Crippen LogP contribution in [0.25, 0.3) is 0 Å². The van der Waals surface area contributed by atoms with E-state index in [1.165, 1.54) is 0 Å². The van der Waals surface area contributed by atoms with Crippen molar-refractivity contribution in [1.29, 1.82) is 0 Å². The number of hydrogen-bond acceptors (Lipinski definition) is 2. The molecule has 0 rings (SSSR count). The van der Waals surface area contributed by atoms with Gasteiger partial charge in [0, 0.05) is 0 Å². The third kappa shape index (κ3) is 3210. The molecule has 0 aliphatic carbocycles. The molecule has 0 amide bonds. The van der Waals surface area contributed by atoms with Gasteiger partial charge in [0.1, 0.15) is 0 Å². The van der Waals surface area contributed by atoms with Gasteiger partial charge >= 0.3 is 24.4 Å². The van der Waals surface area contributed by atoms with Gasteiger partial charge in [0.05, 0.1) is 0 Å². The summed E-state index contributed by atoms with van der Waals surface area (Å²) in [5, 5.41) is 0. The zero-order valence-electron chi connectivity index (χ0n) is 9.58. The standard InChI is InChI=1S/2C4H11Si.2O.Os/c2*1-5(2,3)4;;;/h2*1H2,2-4H3;;;/q2*-1;;;+2. The third-order valence-corrected chi connectivity index (χ3v) is 0. The Labute approximate surface area is 92.9 Å². The Balaban J connectivity index is -0.000000120. The second-order valence-corrected chi connectivity index (χ2v) is 15.8. The Kier molecular flexibility index (Phi) is 13.7. The van der Waals surface area contributed by atoms with E-state index in [1.807, 2.05) is 0 Å². The second-order valence-electron chi connectivity index (χ2n) is 5.18. The zero-order valence-corrected chi connectivity index (χ0v) is 14.1. The topological polar surface area (TPSA) is 34.1 Å². The first-order chi connectivity index (χ1) is 5.41. The van der Waals surface area contributed by atoms with Crippen LogP contribution >= 0.6 is 0 Å². The predicted molar refractivity (Wildman–Crippen MR) is 58.8 cm³/mol.